The van der Waals surface area contributed by atoms with E-state index in [1.807, 2.05) is 0 Å². The SMILES string of the molecule is FC(F)(F)c1cc(C(F)(F)F)c2ccc(NN=Cc3ccc(Cl)cc3)nc2n1. The van der Waals surface area contributed by atoms with E-state index >= 15 is 0 Å². The second kappa shape index (κ2) is 7.27. The fourth-order valence-electron chi connectivity index (χ4n) is 2.27. The molecular formula is C17H9ClF6N4. The van der Waals surface area contributed by atoms with Gasteiger partial charge in [-0.05, 0) is 35.9 Å². The number of nitrogens with one attached hydrogen (secondary N) is 1. The summed E-state index contributed by atoms with van der Waals surface area (Å²) in [5.41, 5.74) is -0.743. The minimum atomic E-state index is -5.05. The van der Waals surface area contributed by atoms with Gasteiger partial charge in [0.1, 0.15) is 11.5 Å². The van der Waals surface area contributed by atoms with Gasteiger partial charge in [0, 0.05) is 10.4 Å². The van der Waals surface area contributed by atoms with Crippen LogP contribution in [0.25, 0.3) is 11.0 Å². The Labute approximate surface area is 158 Å². The Morgan fingerprint density at radius 2 is 1.57 bits per heavy atom. The molecule has 3 aromatic rings. The highest BCUT2D eigenvalue weighted by molar-refractivity contribution is 6.30. The minimum absolute atomic E-state index is 0.0319. The maximum atomic E-state index is 13.1. The van der Waals surface area contributed by atoms with E-state index in [2.05, 4.69) is 20.5 Å². The second-order valence-corrected chi connectivity index (χ2v) is 5.98. The Morgan fingerprint density at radius 3 is 2.18 bits per heavy atom. The first-order valence-electron chi connectivity index (χ1n) is 7.55. The summed E-state index contributed by atoms with van der Waals surface area (Å²) in [5.74, 6) is -0.0716. The maximum absolute atomic E-state index is 13.1. The summed E-state index contributed by atoms with van der Waals surface area (Å²) in [6.07, 6.45) is -8.67. The largest absolute Gasteiger partial charge is 0.433 e. The van der Waals surface area contributed by atoms with Crippen LogP contribution >= 0.6 is 11.6 Å². The average Bonchev–Trinajstić information content (AvgIpc) is 2.60. The molecule has 28 heavy (non-hydrogen) atoms. The summed E-state index contributed by atoms with van der Waals surface area (Å²) < 4.78 is 78.1. The van der Waals surface area contributed by atoms with E-state index in [1.165, 1.54) is 6.21 Å². The van der Waals surface area contributed by atoms with Crippen molar-refractivity contribution in [1.29, 1.82) is 0 Å². The van der Waals surface area contributed by atoms with Gasteiger partial charge in [-0.3, -0.25) is 5.43 Å². The number of hydrazone groups is 1. The van der Waals surface area contributed by atoms with Crippen molar-refractivity contribution >= 4 is 34.7 Å². The molecule has 146 valence electrons. The summed E-state index contributed by atoms with van der Waals surface area (Å²) in [7, 11) is 0. The standard InChI is InChI=1S/C17H9ClF6N4/c18-10-3-1-9(2-4-10)8-25-28-14-6-5-11-12(16(19,20)21)7-13(17(22,23)24)26-15(11)27-14/h1-8H,(H,26,27,28). The van der Waals surface area contributed by atoms with E-state index in [1.54, 1.807) is 24.3 Å². The third-order valence-electron chi connectivity index (χ3n) is 3.53. The highest BCUT2D eigenvalue weighted by atomic mass is 35.5. The molecular weight excluding hydrogens is 410 g/mol. The van der Waals surface area contributed by atoms with Crippen LogP contribution in [0.1, 0.15) is 16.8 Å². The van der Waals surface area contributed by atoms with Crippen LogP contribution in [-0.4, -0.2) is 16.2 Å². The molecule has 0 aliphatic rings. The molecule has 0 fully saturated rings. The first kappa shape index (κ1) is 19.9. The van der Waals surface area contributed by atoms with E-state index in [-0.39, 0.29) is 11.9 Å². The lowest BCUT2D eigenvalue weighted by Crippen LogP contribution is -2.14. The molecule has 1 aromatic carbocycles. The molecule has 0 spiro atoms. The Balaban J connectivity index is 1.96. The molecule has 0 atom stereocenters. The first-order valence-corrected chi connectivity index (χ1v) is 7.93. The Kier molecular flexibility index (Phi) is 5.16. The van der Waals surface area contributed by atoms with Crippen LogP contribution in [0.2, 0.25) is 5.02 Å². The van der Waals surface area contributed by atoms with Gasteiger partial charge >= 0.3 is 12.4 Å². The molecule has 11 heteroatoms. The quantitative estimate of drug-likeness (QED) is 0.334. The highest BCUT2D eigenvalue weighted by Crippen LogP contribution is 2.38. The summed E-state index contributed by atoms with van der Waals surface area (Å²) in [5, 5.41) is 3.81. The van der Waals surface area contributed by atoms with Crippen LogP contribution in [0.3, 0.4) is 0 Å². The van der Waals surface area contributed by atoms with Gasteiger partial charge in [0.25, 0.3) is 0 Å². The van der Waals surface area contributed by atoms with Crippen LogP contribution in [0.5, 0.6) is 0 Å². The van der Waals surface area contributed by atoms with Gasteiger partial charge in [-0.2, -0.15) is 31.4 Å². The van der Waals surface area contributed by atoms with Crippen LogP contribution in [0.4, 0.5) is 32.2 Å². The number of anilines is 1. The predicted molar refractivity (Wildman–Crippen MR) is 92.2 cm³/mol. The van der Waals surface area contributed by atoms with E-state index in [4.69, 9.17) is 11.6 Å². The smallest absolute Gasteiger partial charge is 0.261 e. The van der Waals surface area contributed by atoms with Gasteiger partial charge in [-0.1, -0.05) is 23.7 Å². The fraction of sp³-hybridized carbons (Fsp3) is 0.118. The molecule has 0 unspecified atom stereocenters. The molecule has 2 aromatic heterocycles. The van der Waals surface area contributed by atoms with Crippen molar-refractivity contribution in [2.24, 2.45) is 5.10 Å². The number of alkyl halides is 6. The molecule has 0 aliphatic carbocycles. The summed E-state index contributed by atoms with van der Waals surface area (Å²) in [4.78, 5) is 6.93. The van der Waals surface area contributed by atoms with E-state index in [9.17, 15) is 26.3 Å². The maximum Gasteiger partial charge on any atom is 0.433 e. The normalized spacial score (nSPS) is 12.7. The number of rotatable bonds is 3. The van der Waals surface area contributed by atoms with Crippen molar-refractivity contribution in [1.82, 2.24) is 9.97 Å². The minimum Gasteiger partial charge on any atom is -0.261 e. The lowest BCUT2D eigenvalue weighted by atomic mass is 10.1. The molecule has 1 N–H and O–H groups in total. The Bertz CT molecular complexity index is 1030. The molecule has 0 radical (unpaired) electrons. The number of nitrogens with zero attached hydrogens (tertiary/aromatic N) is 3. The van der Waals surface area contributed by atoms with Gasteiger partial charge in [0.05, 0.1) is 11.8 Å². The zero-order valence-electron chi connectivity index (χ0n) is 13.6. The third-order valence-corrected chi connectivity index (χ3v) is 3.78. The van der Waals surface area contributed by atoms with Crippen LogP contribution in [0.15, 0.2) is 47.6 Å². The number of aromatic nitrogens is 2. The number of halogens is 7. The predicted octanol–water partition coefficient (Wildman–Crippen LogP) is 5.77. The zero-order chi connectivity index (χ0) is 20.5. The van der Waals surface area contributed by atoms with Gasteiger partial charge in [-0.25, -0.2) is 9.97 Å². The van der Waals surface area contributed by atoms with Crippen molar-refractivity contribution in [3.63, 3.8) is 0 Å². The van der Waals surface area contributed by atoms with E-state index in [0.29, 0.717) is 10.6 Å². The summed E-state index contributed by atoms with van der Waals surface area (Å²) in [6.45, 7) is 0. The molecule has 0 saturated heterocycles. The second-order valence-electron chi connectivity index (χ2n) is 5.54. The van der Waals surface area contributed by atoms with Gasteiger partial charge in [0.15, 0.2) is 5.65 Å². The number of hydrogen-bond donors (Lipinski definition) is 1. The van der Waals surface area contributed by atoms with E-state index < -0.39 is 34.6 Å². The Morgan fingerprint density at radius 1 is 0.893 bits per heavy atom. The lowest BCUT2D eigenvalue weighted by Gasteiger charge is -2.14. The molecule has 0 amide bonds. The van der Waals surface area contributed by atoms with Crippen molar-refractivity contribution in [2.45, 2.75) is 12.4 Å². The first-order chi connectivity index (χ1) is 13.0. The highest BCUT2D eigenvalue weighted by Gasteiger charge is 2.39. The molecule has 0 bridgehead atoms. The zero-order valence-corrected chi connectivity index (χ0v) is 14.4. The van der Waals surface area contributed by atoms with E-state index in [0.717, 1.165) is 12.1 Å². The molecule has 0 aliphatic heterocycles. The number of benzene rings is 1. The van der Waals surface area contributed by atoms with Gasteiger partial charge < -0.3 is 0 Å². The summed E-state index contributed by atoms with van der Waals surface area (Å²) >= 11 is 5.75. The number of fused-ring (bicyclic) bond motifs is 1. The van der Waals surface area contributed by atoms with Crippen molar-refractivity contribution < 1.29 is 26.3 Å². The number of pyridine rings is 2. The van der Waals surface area contributed by atoms with Crippen molar-refractivity contribution in [3.05, 3.63) is 64.3 Å². The topological polar surface area (TPSA) is 50.2 Å². The molecule has 2 heterocycles. The van der Waals surface area contributed by atoms with Crippen LogP contribution in [-0.2, 0) is 12.4 Å². The third kappa shape index (κ3) is 4.50. The molecule has 3 rings (SSSR count). The van der Waals surface area contributed by atoms with Gasteiger partial charge in [0.2, 0.25) is 0 Å². The van der Waals surface area contributed by atoms with Crippen molar-refractivity contribution in [2.75, 3.05) is 5.43 Å². The van der Waals surface area contributed by atoms with Crippen LogP contribution in [0, 0.1) is 0 Å². The summed E-state index contributed by atoms with van der Waals surface area (Å²) in [6, 6.07) is 8.68. The van der Waals surface area contributed by atoms with Gasteiger partial charge in [-0.15, -0.1) is 0 Å². The van der Waals surface area contributed by atoms with Crippen molar-refractivity contribution in [3.8, 4) is 0 Å². The van der Waals surface area contributed by atoms with Crippen LogP contribution < -0.4 is 5.43 Å². The molecule has 0 saturated carbocycles. The number of hydrogen-bond acceptors (Lipinski definition) is 4. The Hall–Kier alpha value is -2.88. The average molecular weight is 419 g/mol. The molecule has 4 nitrogen and oxygen atoms in total. The monoisotopic (exact) mass is 418 g/mol. The fourth-order valence-corrected chi connectivity index (χ4v) is 2.39. The lowest BCUT2D eigenvalue weighted by molar-refractivity contribution is -0.144.